The van der Waals surface area contributed by atoms with Crippen LogP contribution in [0.5, 0.6) is 23.0 Å². The first kappa shape index (κ1) is 28.3. The van der Waals surface area contributed by atoms with Crippen molar-refractivity contribution in [2.45, 2.75) is 11.2 Å². The Morgan fingerprint density at radius 2 is 1.07 bits per heavy atom. The molecular formula is C40H32O5. The van der Waals surface area contributed by atoms with E-state index < -0.39 is 11.2 Å². The van der Waals surface area contributed by atoms with E-state index in [1.54, 1.807) is 14.2 Å². The fraction of sp³-hybridized carbons (Fsp3) is 0.100. The number of benzene rings is 6. The minimum Gasteiger partial charge on any atom is -0.507 e. The van der Waals surface area contributed by atoms with Gasteiger partial charge in [0.15, 0.2) is 5.60 Å². The lowest BCUT2D eigenvalue weighted by Crippen LogP contribution is -2.36. The van der Waals surface area contributed by atoms with Gasteiger partial charge in [-0.05, 0) is 41.5 Å². The second-order valence-corrected chi connectivity index (χ2v) is 11.1. The highest BCUT2D eigenvalue weighted by atomic mass is 16.5. The maximum atomic E-state index is 12.9. The molecule has 6 aromatic rings. The molecular weight excluding hydrogens is 560 g/mol. The standard InChI is InChI=1S/C40H32O5/c1-43-31-21-17-27(18-22-31)39(28-19-23-32(44-2)24-20-28)26-25-35-36(37(41)33-15-9-10-16-34(33)38(35)45-39)40(42,29-11-5-3-6-12-29)30-13-7-4-8-14-30/h3-26,41-42H,1-2H3. The van der Waals surface area contributed by atoms with Gasteiger partial charge in [0.1, 0.15) is 28.6 Å². The molecule has 1 heterocycles. The predicted octanol–water partition coefficient (Wildman–Crippen LogP) is 8.20. The Morgan fingerprint density at radius 1 is 0.600 bits per heavy atom. The van der Waals surface area contributed by atoms with Crippen molar-refractivity contribution >= 4 is 16.8 Å². The number of methoxy groups -OCH3 is 2. The van der Waals surface area contributed by atoms with Gasteiger partial charge < -0.3 is 24.4 Å². The van der Waals surface area contributed by atoms with E-state index in [2.05, 4.69) is 0 Å². The van der Waals surface area contributed by atoms with E-state index in [-0.39, 0.29) is 5.75 Å². The molecule has 0 saturated carbocycles. The molecule has 0 aromatic heterocycles. The number of rotatable bonds is 7. The van der Waals surface area contributed by atoms with Crippen LogP contribution in [-0.2, 0) is 11.2 Å². The van der Waals surface area contributed by atoms with Crippen molar-refractivity contribution in [3.63, 3.8) is 0 Å². The molecule has 0 amide bonds. The van der Waals surface area contributed by atoms with Crippen LogP contribution in [0.15, 0.2) is 140 Å². The fourth-order valence-corrected chi connectivity index (χ4v) is 6.41. The SMILES string of the molecule is COc1ccc(C2(c3ccc(OC)cc3)C=Cc3c(C(O)(c4ccccc4)c4ccccc4)c(O)c4ccccc4c3O2)cc1. The normalized spacial score (nSPS) is 13.6. The lowest BCUT2D eigenvalue weighted by Gasteiger charge is -2.39. The average molecular weight is 593 g/mol. The van der Waals surface area contributed by atoms with Crippen molar-refractivity contribution in [3.05, 3.63) is 173 Å². The van der Waals surface area contributed by atoms with Crippen LogP contribution in [0.4, 0.5) is 0 Å². The van der Waals surface area contributed by atoms with Gasteiger partial charge >= 0.3 is 0 Å². The molecule has 1 aliphatic rings. The van der Waals surface area contributed by atoms with Gasteiger partial charge in [-0.15, -0.1) is 0 Å². The van der Waals surface area contributed by atoms with Gasteiger partial charge in [0.05, 0.1) is 14.2 Å². The van der Waals surface area contributed by atoms with Crippen LogP contribution in [0, 0.1) is 0 Å². The smallest absolute Gasteiger partial charge is 0.178 e. The van der Waals surface area contributed by atoms with E-state index in [0.717, 1.165) is 28.0 Å². The van der Waals surface area contributed by atoms with Crippen LogP contribution in [0.1, 0.15) is 33.4 Å². The Bertz CT molecular complexity index is 1910. The lowest BCUT2D eigenvalue weighted by atomic mass is 9.75. The molecule has 6 aromatic carbocycles. The summed E-state index contributed by atoms with van der Waals surface area (Å²) in [6, 6.07) is 42.1. The molecule has 0 unspecified atom stereocenters. The highest BCUT2D eigenvalue weighted by molar-refractivity contribution is 5.99. The Labute approximate surface area is 262 Å². The number of aromatic hydroxyl groups is 1. The van der Waals surface area contributed by atoms with Crippen LogP contribution < -0.4 is 14.2 Å². The molecule has 0 radical (unpaired) electrons. The van der Waals surface area contributed by atoms with E-state index in [9.17, 15) is 10.2 Å². The highest BCUT2D eigenvalue weighted by Gasteiger charge is 2.44. The van der Waals surface area contributed by atoms with Crippen molar-refractivity contribution in [1.29, 1.82) is 0 Å². The number of ether oxygens (including phenoxy) is 3. The summed E-state index contributed by atoms with van der Waals surface area (Å²) in [5, 5.41) is 26.3. The predicted molar refractivity (Wildman–Crippen MR) is 177 cm³/mol. The molecule has 0 bridgehead atoms. The minimum absolute atomic E-state index is 0.00537. The maximum absolute atomic E-state index is 12.9. The summed E-state index contributed by atoms with van der Waals surface area (Å²) in [5.74, 6) is 2.02. The van der Waals surface area contributed by atoms with Crippen molar-refractivity contribution < 1.29 is 24.4 Å². The lowest BCUT2D eigenvalue weighted by molar-refractivity contribution is 0.120. The summed E-state index contributed by atoms with van der Waals surface area (Å²) in [4.78, 5) is 0. The summed E-state index contributed by atoms with van der Waals surface area (Å²) in [7, 11) is 3.28. The van der Waals surface area contributed by atoms with E-state index in [1.807, 2.05) is 146 Å². The van der Waals surface area contributed by atoms with Crippen LogP contribution in [-0.4, -0.2) is 24.4 Å². The molecule has 7 rings (SSSR count). The number of hydrogen-bond acceptors (Lipinski definition) is 5. The third-order valence-corrected chi connectivity index (χ3v) is 8.71. The number of fused-ring (bicyclic) bond motifs is 3. The monoisotopic (exact) mass is 592 g/mol. The second kappa shape index (κ2) is 11.2. The van der Waals surface area contributed by atoms with Gasteiger partial charge in [-0.2, -0.15) is 0 Å². The Morgan fingerprint density at radius 3 is 1.56 bits per heavy atom. The second-order valence-electron chi connectivity index (χ2n) is 11.1. The summed E-state index contributed by atoms with van der Waals surface area (Å²) >= 11 is 0. The summed E-state index contributed by atoms with van der Waals surface area (Å²) in [6.45, 7) is 0. The summed E-state index contributed by atoms with van der Waals surface area (Å²) in [5.41, 5.74) is 1.22. The van der Waals surface area contributed by atoms with Gasteiger partial charge in [-0.25, -0.2) is 0 Å². The Hall–Kier alpha value is -5.52. The van der Waals surface area contributed by atoms with Gasteiger partial charge in [0.2, 0.25) is 0 Å². The van der Waals surface area contributed by atoms with E-state index in [1.165, 1.54) is 0 Å². The van der Waals surface area contributed by atoms with Crippen LogP contribution in [0.3, 0.4) is 0 Å². The molecule has 0 fully saturated rings. The van der Waals surface area contributed by atoms with E-state index in [4.69, 9.17) is 14.2 Å². The number of phenols is 1. The molecule has 5 heteroatoms. The molecule has 0 atom stereocenters. The van der Waals surface area contributed by atoms with Crippen LogP contribution >= 0.6 is 0 Å². The van der Waals surface area contributed by atoms with Gasteiger partial charge in [0, 0.05) is 33.0 Å². The number of hydrogen-bond donors (Lipinski definition) is 2. The topological polar surface area (TPSA) is 68.2 Å². The van der Waals surface area contributed by atoms with Gasteiger partial charge in [-0.3, -0.25) is 0 Å². The summed E-state index contributed by atoms with van der Waals surface area (Å²) in [6.07, 6.45) is 3.96. The third kappa shape index (κ3) is 4.52. The van der Waals surface area contributed by atoms with E-state index >= 15 is 0 Å². The molecule has 2 N–H and O–H groups in total. The zero-order valence-corrected chi connectivity index (χ0v) is 25.0. The van der Waals surface area contributed by atoms with Crippen LogP contribution in [0.25, 0.3) is 16.8 Å². The van der Waals surface area contributed by atoms with E-state index in [0.29, 0.717) is 33.4 Å². The van der Waals surface area contributed by atoms with Crippen molar-refractivity contribution in [3.8, 4) is 23.0 Å². The molecule has 0 aliphatic carbocycles. The molecule has 0 saturated heterocycles. The summed E-state index contributed by atoms with van der Waals surface area (Å²) < 4.78 is 18.1. The van der Waals surface area contributed by atoms with Crippen molar-refractivity contribution in [2.75, 3.05) is 14.2 Å². The van der Waals surface area contributed by atoms with Gasteiger partial charge in [0.25, 0.3) is 0 Å². The minimum atomic E-state index is -1.70. The van der Waals surface area contributed by atoms with Crippen molar-refractivity contribution in [2.24, 2.45) is 0 Å². The molecule has 5 nitrogen and oxygen atoms in total. The van der Waals surface area contributed by atoms with Gasteiger partial charge in [-0.1, -0.05) is 115 Å². The first-order valence-corrected chi connectivity index (χ1v) is 14.8. The average Bonchev–Trinajstić information content (AvgIpc) is 3.12. The number of phenolic OH excluding ortho intramolecular Hbond substituents is 1. The molecule has 0 spiro atoms. The van der Waals surface area contributed by atoms with Crippen LogP contribution in [0.2, 0.25) is 0 Å². The maximum Gasteiger partial charge on any atom is 0.178 e. The quantitative estimate of drug-likeness (QED) is 0.183. The third-order valence-electron chi connectivity index (χ3n) is 8.71. The largest absolute Gasteiger partial charge is 0.507 e. The highest BCUT2D eigenvalue weighted by Crippen LogP contribution is 2.54. The molecule has 222 valence electrons. The zero-order chi connectivity index (χ0) is 31.0. The molecule has 1 aliphatic heterocycles. The fourth-order valence-electron chi connectivity index (χ4n) is 6.41. The number of aliphatic hydroxyl groups is 1. The first-order valence-electron chi connectivity index (χ1n) is 14.8. The Balaban J connectivity index is 1.55. The molecule has 45 heavy (non-hydrogen) atoms. The van der Waals surface area contributed by atoms with Crippen molar-refractivity contribution in [1.82, 2.24) is 0 Å². The Kier molecular flexibility index (Phi) is 7.03. The first-order chi connectivity index (χ1) is 22.0. The zero-order valence-electron chi connectivity index (χ0n) is 25.0.